The Kier molecular flexibility index (Phi) is 8.46. The predicted molar refractivity (Wildman–Crippen MR) is 67.8 cm³/mol. The second-order valence-corrected chi connectivity index (χ2v) is 5.04. The maximum atomic E-state index is 11.5. The molecule has 1 atom stereocenters. The molecule has 0 aliphatic heterocycles. The molecule has 0 aromatic carbocycles. The van der Waals surface area contributed by atoms with Crippen LogP contribution in [0.5, 0.6) is 0 Å². The highest BCUT2D eigenvalue weighted by molar-refractivity contribution is 5.76. The number of nitrogens with one attached hydrogen (secondary N) is 1. The van der Waals surface area contributed by atoms with E-state index in [-0.39, 0.29) is 18.4 Å². The highest BCUT2D eigenvalue weighted by Crippen LogP contribution is 2.07. The average Bonchev–Trinajstić information content (AvgIpc) is 2.21. The smallest absolute Gasteiger partial charge is 0.303 e. The third-order valence-corrected chi connectivity index (χ3v) is 2.63. The first-order chi connectivity index (χ1) is 7.91. The lowest BCUT2D eigenvalue weighted by Gasteiger charge is -2.14. The molecule has 2 N–H and O–H groups in total. The number of amides is 1. The van der Waals surface area contributed by atoms with Gasteiger partial charge in [-0.3, -0.25) is 9.59 Å². The SMILES string of the molecule is CC(C)CCC(C)NC(=O)CCCCC(=O)O. The van der Waals surface area contributed by atoms with Gasteiger partial charge in [-0.1, -0.05) is 13.8 Å². The first kappa shape index (κ1) is 15.9. The Morgan fingerprint density at radius 3 is 2.18 bits per heavy atom. The molecule has 1 unspecified atom stereocenters. The van der Waals surface area contributed by atoms with Crippen molar-refractivity contribution < 1.29 is 14.7 Å². The molecule has 4 heteroatoms. The molecule has 4 nitrogen and oxygen atoms in total. The Bertz CT molecular complexity index is 239. The van der Waals surface area contributed by atoms with Crippen LogP contribution >= 0.6 is 0 Å². The lowest BCUT2D eigenvalue weighted by atomic mass is 10.0. The number of carboxylic acid groups (broad SMARTS) is 1. The molecule has 0 aliphatic carbocycles. The normalized spacial score (nSPS) is 12.5. The maximum absolute atomic E-state index is 11.5. The van der Waals surface area contributed by atoms with Crippen LogP contribution in [0, 0.1) is 5.92 Å². The van der Waals surface area contributed by atoms with E-state index in [2.05, 4.69) is 19.2 Å². The number of aliphatic carboxylic acids is 1. The number of carbonyl (C=O) groups excluding carboxylic acids is 1. The largest absolute Gasteiger partial charge is 0.481 e. The molecule has 100 valence electrons. The third-order valence-electron chi connectivity index (χ3n) is 2.63. The Labute approximate surface area is 104 Å². The fraction of sp³-hybridized carbons (Fsp3) is 0.846. The third kappa shape index (κ3) is 11.2. The summed E-state index contributed by atoms with van der Waals surface area (Å²) >= 11 is 0. The van der Waals surface area contributed by atoms with Gasteiger partial charge in [0, 0.05) is 18.9 Å². The molecule has 0 spiro atoms. The summed E-state index contributed by atoms with van der Waals surface area (Å²) in [5, 5.41) is 11.4. The first-order valence-corrected chi connectivity index (χ1v) is 6.43. The van der Waals surface area contributed by atoms with E-state index in [1.807, 2.05) is 6.92 Å². The van der Waals surface area contributed by atoms with Gasteiger partial charge in [-0.15, -0.1) is 0 Å². The Balaban J connectivity index is 3.53. The molecule has 0 aromatic rings. The van der Waals surface area contributed by atoms with E-state index < -0.39 is 5.97 Å². The van der Waals surface area contributed by atoms with Crippen LogP contribution in [0.3, 0.4) is 0 Å². The van der Waals surface area contributed by atoms with Crippen LogP contribution in [0.1, 0.15) is 59.3 Å². The van der Waals surface area contributed by atoms with Crippen molar-refractivity contribution in [1.82, 2.24) is 5.32 Å². The van der Waals surface area contributed by atoms with Gasteiger partial charge in [0.1, 0.15) is 0 Å². The van der Waals surface area contributed by atoms with Gasteiger partial charge in [-0.25, -0.2) is 0 Å². The molecule has 0 saturated heterocycles. The summed E-state index contributed by atoms with van der Waals surface area (Å²) in [4.78, 5) is 21.8. The van der Waals surface area contributed by atoms with Gasteiger partial charge in [0.25, 0.3) is 0 Å². The quantitative estimate of drug-likeness (QED) is 0.612. The Hall–Kier alpha value is -1.06. The number of hydrogen-bond donors (Lipinski definition) is 2. The van der Waals surface area contributed by atoms with Crippen molar-refractivity contribution >= 4 is 11.9 Å². The van der Waals surface area contributed by atoms with Crippen LogP contribution in [-0.4, -0.2) is 23.0 Å². The van der Waals surface area contributed by atoms with Crippen LogP contribution in [0.2, 0.25) is 0 Å². The lowest BCUT2D eigenvalue weighted by molar-refractivity contribution is -0.137. The predicted octanol–water partition coefficient (Wildman–Crippen LogP) is 2.57. The van der Waals surface area contributed by atoms with Gasteiger partial charge < -0.3 is 10.4 Å². The summed E-state index contributed by atoms with van der Waals surface area (Å²) in [6.07, 6.45) is 3.91. The van der Waals surface area contributed by atoms with Gasteiger partial charge in [0.2, 0.25) is 5.91 Å². The molecule has 0 rings (SSSR count). The van der Waals surface area contributed by atoms with E-state index >= 15 is 0 Å². The van der Waals surface area contributed by atoms with Crippen molar-refractivity contribution in [1.29, 1.82) is 0 Å². The monoisotopic (exact) mass is 243 g/mol. The Morgan fingerprint density at radius 2 is 1.65 bits per heavy atom. The fourth-order valence-electron chi connectivity index (χ4n) is 1.56. The van der Waals surface area contributed by atoms with E-state index in [1.54, 1.807) is 0 Å². The van der Waals surface area contributed by atoms with Crippen molar-refractivity contribution in [3.05, 3.63) is 0 Å². The highest BCUT2D eigenvalue weighted by Gasteiger charge is 2.08. The molecule has 1 amide bonds. The van der Waals surface area contributed by atoms with Crippen LogP contribution in [-0.2, 0) is 9.59 Å². The van der Waals surface area contributed by atoms with Gasteiger partial charge in [0.05, 0.1) is 0 Å². The molecule has 0 aromatic heterocycles. The number of hydrogen-bond acceptors (Lipinski definition) is 2. The number of carbonyl (C=O) groups is 2. The highest BCUT2D eigenvalue weighted by atomic mass is 16.4. The minimum atomic E-state index is -0.796. The summed E-state index contributed by atoms with van der Waals surface area (Å²) in [6.45, 7) is 6.35. The minimum Gasteiger partial charge on any atom is -0.481 e. The van der Waals surface area contributed by atoms with Crippen LogP contribution in [0.25, 0.3) is 0 Å². The van der Waals surface area contributed by atoms with Crippen molar-refractivity contribution in [3.8, 4) is 0 Å². The number of unbranched alkanes of at least 4 members (excludes halogenated alkanes) is 1. The second kappa shape index (κ2) is 9.02. The van der Waals surface area contributed by atoms with Gasteiger partial charge >= 0.3 is 5.97 Å². The topological polar surface area (TPSA) is 66.4 Å². The van der Waals surface area contributed by atoms with E-state index in [0.717, 1.165) is 12.8 Å². The molecule has 0 bridgehead atoms. The van der Waals surface area contributed by atoms with E-state index in [9.17, 15) is 9.59 Å². The zero-order valence-electron chi connectivity index (χ0n) is 11.2. The standard InChI is InChI=1S/C13H25NO3/c1-10(2)8-9-11(3)14-12(15)6-4-5-7-13(16)17/h10-11H,4-9H2,1-3H3,(H,14,15)(H,16,17). The zero-order chi connectivity index (χ0) is 13.3. The summed E-state index contributed by atoms with van der Waals surface area (Å²) in [5.41, 5.74) is 0. The molecular formula is C13H25NO3. The molecule has 17 heavy (non-hydrogen) atoms. The van der Waals surface area contributed by atoms with Crippen molar-refractivity contribution in [2.45, 2.75) is 65.3 Å². The average molecular weight is 243 g/mol. The van der Waals surface area contributed by atoms with Crippen molar-refractivity contribution in [3.63, 3.8) is 0 Å². The molecule has 0 radical (unpaired) electrons. The molecule has 0 aliphatic rings. The Morgan fingerprint density at radius 1 is 1.06 bits per heavy atom. The summed E-state index contributed by atoms with van der Waals surface area (Å²) in [5.74, 6) is -0.104. The van der Waals surface area contributed by atoms with E-state index in [0.29, 0.717) is 25.2 Å². The lowest BCUT2D eigenvalue weighted by Crippen LogP contribution is -2.32. The molecule has 0 saturated carbocycles. The van der Waals surface area contributed by atoms with Crippen LogP contribution in [0.15, 0.2) is 0 Å². The number of rotatable bonds is 9. The van der Waals surface area contributed by atoms with Crippen LogP contribution in [0.4, 0.5) is 0 Å². The minimum absolute atomic E-state index is 0.0339. The van der Waals surface area contributed by atoms with Crippen molar-refractivity contribution in [2.24, 2.45) is 5.92 Å². The van der Waals surface area contributed by atoms with E-state index in [4.69, 9.17) is 5.11 Å². The van der Waals surface area contributed by atoms with E-state index in [1.165, 1.54) is 0 Å². The maximum Gasteiger partial charge on any atom is 0.303 e. The van der Waals surface area contributed by atoms with Gasteiger partial charge in [-0.05, 0) is 38.5 Å². The molecule has 0 heterocycles. The second-order valence-electron chi connectivity index (χ2n) is 5.04. The summed E-state index contributed by atoms with van der Waals surface area (Å²) < 4.78 is 0. The molecule has 0 fully saturated rings. The number of carboxylic acids is 1. The van der Waals surface area contributed by atoms with Gasteiger partial charge in [-0.2, -0.15) is 0 Å². The molecular weight excluding hydrogens is 218 g/mol. The summed E-state index contributed by atoms with van der Waals surface area (Å²) in [7, 11) is 0. The zero-order valence-corrected chi connectivity index (χ0v) is 11.2. The fourth-order valence-corrected chi connectivity index (χ4v) is 1.56. The summed E-state index contributed by atoms with van der Waals surface area (Å²) in [6, 6.07) is 0.212. The first-order valence-electron chi connectivity index (χ1n) is 6.43. The van der Waals surface area contributed by atoms with Crippen molar-refractivity contribution in [2.75, 3.05) is 0 Å². The van der Waals surface area contributed by atoms with Gasteiger partial charge in [0.15, 0.2) is 0 Å². The van der Waals surface area contributed by atoms with Crippen LogP contribution < -0.4 is 5.32 Å².